The second-order valence-corrected chi connectivity index (χ2v) is 4.08. The Balaban J connectivity index is 2.71. The smallest absolute Gasteiger partial charge is 0.289 e. The number of hydrogen-bond acceptors (Lipinski definition) is 1. The fourth-order valence-corrected chi connectivity index (χ4v) is 1.85. The summed E-state index contributed by atoms with van der Waals surface area (Å²) in [6, 6.07) is 5.90. The van der Waals surface area contributed by atoms with E-state index in [9.17, 15) is 8.78 Å². The Bertz CT molecular complexity index is 515. The number of nitrogens with two attached hydrogens (primary N) is 1. The summed E-state index contributed by atoms with van der Waals surface area (Å²) in [5.41, 5.74) is 6.13. The highest BCUT2D eigenvalue weighted by Gasteiger charge is 2.38. The van der Waals surface area contributed by atoms with Crippen molar-refractivity contribution in [2.45, 2.75) is 18.9 Å². The van der Waals surface area contributed by atoms with E-state index in [0.29, 0.717) is 5.39 Å². The predicted molar refractivity (Wildman–Crippen MR) is 60.5 cm³/mol. The van der Waals surface area contributed by atoms with E-state index in [1.165, 1.54) is 13.1 Å². The molecule has 0 bridgehead atoms. The topological polar surface area (TPSA) is 30.9 Å². The lowest BCUT2D eigenvalue weighted by Crippen LogP contribution is -2.35. The Morgan fingerprint density at radius 2 is 1.94 bits per heavy atom. The van der Waals surface area contributed by atoms with Gasteiger partial charge in [0.05, 0.1) is 6.04 Å². The molecule has 2 rings (SSSR count). The lowest BCUT2D eigenvalue weighted by Gasteiger charge is -2.19. The van der Waals surface area contributed by atoms with Crippen LogP contribution in [0, 0.1) is 0 Å². The van der Waals surface area contributed by atoms with Crippen LogP contribution >= 0.6 is 0 Å². The molecule has 0 aliphatic heterocycles. The lowest BCUT2D eigenvalue weighted by atomic mass is 10.0. The third-order valence-electron chi connectivity index (χ3n) is 2.83. The van der Waals surface area contributed by atoms with Gasteiger partial charge in [0.15, 0.2) is 0 Å². The SMILES string of the molecule is CC(N)C(F)(F)c1cn(C)c2ccccc12. The monoisotopic (exact) mass is 224 g/mol. The highest BCUT2D eigenvalue weighted by Crippen LogP contribution is 2.36. The van der Waals surface area contributed by atoms with E-state index in [0.717, 1.165) is 5.52 Å². The number of alkyl halides is 2. The molecule has 0 radical (unpaired) electrons. The summed E-state index contributed by atoms with van der Waals surface area (Å²) in [5, 5.41) is 0.562. The first-order valence-electron chi connectivity index (χ1n) is 5.12. The molecule has 2 nitrogen and oxygen atoms in total. The number of aromatic nitrogens is 1. The maximum Gasteiger partial charge on any atom is 0.289 e. The minimum absolute atomic E-state index is 0.000556. The quantitative estimate of drug-likeness (QED) is 0.835. The zero-order chi connectivity index (χ0) is 11.9. The molecule has 0 spiro atoms. The number of fused-ring (bicyclic) bond motifs is 1. The van der Waals surface area contributed by atoms with Gasteiger partial charge in [-0.25, -0.2) is 0 Å². The molecule has 1 unspecified atom stereocenters. The molecular formula is C12H14F2N2. The molecule has 1 heterocycles. The van der Waals surface area contributed by atoms with Gasteiger partial charge in [-0.05, 0) is 13.0 Å². The van der Waals surface area contributed by atoms with Crippen molar-refractivity contribution in [3.8, 4) is 0 Å². The van der Waals surface area contributed by atoms with Crippen LogP contribution in [0.5, 0.6) is 0 Å². The molecule has 0 saturated heterocycles. The Hall–Kier alpha value is -1.42. The summed E-state index contributed by atoms with van der Waals surface area (Å²) >= 11 is 0. The number of halogens is 2. The summed E-state index contributed by atoms with van der Waals surface area (Å²) in [5.74, 6) is -3.00. The van der Waals surface area contributed by atoms with Crippen LogP contribution in [0.4, 0.5) is 8.78 Å². The summed E-state index contributed by atoms with van der Waals surface area (Å²) in [6.07, 6.45) is 1.45. The predicted octanol–water partition coefficient (Wildman–Crippen LogP) is 2.62. The Morgan fingerprint density at radius 1 is 1.31 bits per heavy atom. The van der Waals surface area contributed by atoms with Crippen molar-refractivity contribution in [2.75, 3.05) is 0 Å². The van der Waals surface area contributed by atoms with Crippen LogP contribution in [0.1, 0.15) is 12.5 Å². The maximum absolute atomic E-state index is 13.9. The van der Waals surface area contributed by atoms with Gasteiger partial charge in [0.1, 0.15) is 0 Å². The van der Waals surface area contributed by atoms with Crippen molar-refractivity contribution >= 4 is 10.9 Å². The molecule has 0 aliphatic carbocycles. The number of hydrogen-bond donors (Lipinski definition) is 1. The molecule has 1 atom stereocenters. The van der Waals surface area contributed by atoms with Crippen molar-refractivity contribution < 1.29 is 8.78 Å². The molecule has 0 fully saturated rings. The standard InChI is InChI=1S/C12H14F2N2/c1-8(15)12(13,14)10-7-16(2)11-6-4-3-5-9(10)11/h3-8H,15H2,1-2H3. The molecule has 1 aromatic heterocycles. The maximum atomic E-state index is 13.9. The fraction of sp³-hybridized carbons (Fsp3) is 0.333. The Morgan fingerprint density at radius 3 is 2.56 bits per heavy atom. The molecule has 0 aliphatic rings. The highest BCUT2D eigenvalue weighted by atomic mass is 19.3. The highest BCUT2D eigenvalue weighted by molar-refractivity contribution is 5.84. The van der Waals surface area contributed by atoms with E-state index < -0.39 is 12.0 Å². The molecular weight excluding hydrogens is 210 g/mol. The number of para-hydroxylation sites is 1. The fourth-order valence-electron chi connectivity index (χ4n) is 1.85. The Labute approximate surface area is 92.7 Å². The van der Waals surface area contributed by atoms with Crippen molar-refractivity contribution in [3.05, 3.63) is 36.0 Å². The van der Waals surface area contributed by atoms with Gasteiger partial charge < -0.3 is 10.3 Å². The number of benzene rings is 1. The largest absolute Gasteiger partial charge is 0.350 e. The van der Waals surface area contributed by atoms with Crippen LogP contribution in [-0.2, 0) is 13.0 Å². The second kappa shape index (κ2) is 3.56. The zero-order valence-corrected chi connectivity index (χ0v) is 9.24. The minimum atomic E-state index is -3.00. The van der Waals surface area contributed by atoms with Gasteiger partial charge in [0.2, 0.25) is 0 Å². The van der Waals surface area contributed by atoms with Gasteiger partial charge in [0, 0.05) is 29.7 Å². The number of aryl methyl sites for hydroxylation is 1. The van der Waals surface area contributed by atoms with Gasteiger partial charge in [-0.15, -0.1) is 0 Å². The molecule has 2 aromatic rings. The van der Waals surface area contributed by atoms with E-state index in [-0.39, 0.29) is 5.56 Å². The van der Waals surface area contributed by atoms with Gasteiger partial charge >= 0.3 is 0 Å². The summed E-state index contributed by atoms with van der Waals surface area (Å²) in [6.45, 7) is 1.32. The molecule has 86 valence electrons. The van der Waals surface area contributed by atoms with Gasteiger partial charge in [-0.1, -0.05) is 18.2 Å². The average molecular weight is 224 g/mol. The van der Waals surface area contributed by atoms with E-state index in [2.05, 4.69) is 0 Å². The molecule has 2 N–H and O–H groups in total. The van der Waals surface area contributed by atoms with Crippen LogP contribution in [0.15, 0.2) is 30.5 Å². The van der Waals surface area contributed by atoms with E-state index >= 15 is 0 Å². The average Bonchev–Trinajstić information content (AvgIpc) is 2.57. The van der Waals surface area contributed by atoms with E-state index in [1.54, 1.807) is 23.7 Å². The number of nitrogens with zero attached hydrogens (tertiary/aromatic N) is 1. The minimum Gasteiger partial charge on any atom is -0.350 e. The molecule has 4 heteroatoms. The second-order valence-electron chi connectivity index (χ2n) is 4.08. The van der Waals surface area contributed by atoms with Gasteiger partial charge in [-0.3, -0.25) is 0 Å². The normalized spacial score (nSPS) is 14.3. The van der Waals surface area contributed by atoms with Crippen LogP contribution in [-0.4, -0.2) is 10.6 Å². The van der Waals surface area contributed by atoms with Gasteiger partial charge in [-0.2, -0.15) is 8.78 Å². The molecule has 16 heavy (non-hydrogen) atoms. The zero-order valence-electron chi connectivity index (χ0n) is 9.24. The first kappa shape index (κ1) is 11.1. The summed E-state index contributed by atoms with van der Waals surface area (Å²) < 4.78 is 29.5. The summed E-state index contributed by atoms with van der Waals surface area (Å²) in [7, 11) is 1.75. The van der Waals surface area contributed by atoms with Crippen molar-refractivity contribution in [3.63, 3.8) is 0 Å². The first-order valence-corrected chi connectivity index (χ1v) is 5.12. The van der Waals surface area contributed by atoms with Crippen molar-refractivity contribution in [2.24, 2.45) is 12.8 Å². The van der Waals surface area contributed by atoms with E-state index in [1.807, 2.05) is 12.1 Å². The first-order chi connectivity index (χ1) is 7.44. The van der Waals surface area contributed by atoms with Crippen LogP contribution in [0.25, 0.3) is 10.9 Å². The van der Waals surface area contributed by atoms with Crippen molar-refractivity contribution in [1.82, 2.24) is 4.57 Å². The Kier molecular flexibility index (Phi) is 2.46. The molecule has 0 amide bonds. The molecule has 1 aromatic carbocycles. The van der Waals surface area contributed by atoms with Crippen LogP contribution in [0.3, 0.4) is 0 Å². The van der Waals surface area contributed by atoms with Gasteiger partial charge in [0.25, 0.3) is 5.92 Å². The third-order valence-corrected chi connectivity index (χ3v) is 2.83. The number of rotatable bonds is 2. The van der Waals surface area contributed by atoms with E-state index in [4.69, 9.17) is 5.73 Å². The lowest BCUT2D eigenvalue weighted by molar-refractivity contribution is -0.0242. The molecule has 0 saturated carbocycles. The third kappa shape index (κ3) is 1.50. The summed E-state index contributed by atoms with van der Waals surface area (Å²) in [4.78, 5) is 0. The van der Waals surface area contributed by atoms with Crippen LogP contribution in [0.2, 0.25) is 0 Å². The van der Waals surface area contributed by atoms with Crippen LogP contribution < -0.4 is 5.73 Å². The van der Waals surface area contributed by atoms with Crippen molar-refractivity contribution in [1.29, 1.82) is 0 Å².